The Labute approximate surface area is 258 Å². The monoisotopic (exact) mass is 620 g/mol. The largest absolute Gasteiger partial charge is 0.365 e. The van der Waals surface area contributed by atoms with Crippen LogP contribution < -0.4 is 10.9 Å². The first-order valence-corrected chi connectivity index (χ1v) is 15.3. The van der Waals surface area contributed by atoms with Crippen molar-refractivity contribution in [3.63, 3.8) is 0 Å². The Kier molecular flexibility index (Phi) is 8.93. The van der Waals surface area contributed by atoms with Crippen molar-refractivity contribution in [1.29, 1.82) is 0 Å². The van der Waals surface area contributed by atoms with Crippen molar-refractivity contribution in [2.75, 3.05) is 18.4 Å². The Hall–Kier alpha value is -4.09. The van der Waals surface area contributed by atoms with Gasteiger partial charge < -0.3 is 14.8 Å². The lowest BCUT2D eigenvalue weighted by molar-refractivity contribution is -0.132. The van der Waals surface area contributed by atoms with Crippen LogP contribution in [0.1, 0.15) is 65.8 Å². The zero-order chi connectivity index (χ0) is 30.7. The van der Waals surface area contributed by atoms with Gasteiger partial charge in [0.15, 0.2) is 0 Å². The molecule has 0 spiro atoms. The van der Waals surface area contributed by atoms with E-state index in [1.165, 1.54) is 45.1 Å². The van der Waals surface area contributed by atoms with E-state index in [2.05, 4.69) is 15.4 Å². The normalized spacial score (nSPS) is 13.6. The fourth-order valence-corrected chi connectivity index (χ4v) is 5.85. The van der Waals surface area contributed by atoms with E-state index in [0.29, 0.717) is 41.0 Å². The number of halogens is 1. The highest BCUT2D eigenvalue weighted by molar-refractivity contribution is 7.16. The van der Waals surface area contributed by atoms with Crippen molar-refractivity contribution in [3.8, 4) is 11.3 Å². The summed E-state index contributed by atoms with van der Waals surface area (Å²) in [4.78, 5) is 60.5. The number of pyridine rings is 2. The molecular weight excluding hydrogens is 588 g/mol. The van der Waals surface area contributed by atoms with Crippen LogP contribution in [-0.4, -0.2) is 54.9 Å². The first-order chi connectivity index (χ1) is 20.5. The van der Waals surface area contributed by atoms with Crippen LogP contribution in [0.3, 0.4) is 0 Å². The second kappa shape index (κ2) is 12.6. The van der Waals surface area contributed by atoms with Crippen molar-refractivity contribution in [3.05, 3.63) is 85.7 Å². The van der Waals surface area contributed by atoms with Crippen molar-refractivity contribution in [1.82, 2.24) is 24.2 Å². The Morgan fingerprint density at radius 3 is 2.47 bits per heavy atom. The van der Waals surface area contributed by atoms with Crippen molar-refractivity contribution >= 4 is 46.4 Å². The molecule has 0 aliphatic carbocycles. The van der Waals surface area contributed by atoms with Crippen molar-refractivity contribution in [2.24, 2.45) is 5.41 Å². The predicted octanol–water partition coefficient (Wildman–Crippen LogP) is 5.36. The number of rotatable bonds is 8. The van der Waals surface area contributed by atoms with Crippen LogP contribution in [0.4, 0.5) is 5.82 Å². The van der Waals surface area contributed by atoms with Gasteiger partial charge in [-0.2, -0.15) is 9.78 Å². The van der Waals surface area contributed by atoms with Crippen LogP contribution in [0.5, 0.6) is 0 Å². The number of hydrogen-bond donors (Lipinski definition) is 1. The summed E-state index contributed by atoms with van der Waals surface area (Å²) in [5.74, 6) is -0.562. The quantitative estimate of drug-likeness (QED) is 0.263. The van der Waals surface area contributed by atoms with Gasteiger partial charge in [-0.15, -0.1) is 11.3 Å². The first-order valence-electron chi connectivity index (χ1n) is 14.1. The average molecular weight is 621 g/mol. The van der Waals surface area contributed by atoms with E-state index in [0.717, 1.165) is 24.1 Å². The van der Waals surface area contributed by atoms with Crippen molar-refractivity contribution < 1.29 is 14.4 Å². The van der Waals surface area contributed by atoms with E-state index in [1.807, 2.05) is 6.07 Å². The van der Waals surface area contributed by atoms with Crippen LogP contribution in [0.15, 0.2) is 59.7 Å². The number of aromatic nitrogens is 4. The number of hydrogen-bond acceptors (Lipinski definition) is 8. The lowest BCUT2D eigenvalue weighted by Gasteiger charge is -2.27. The molecule has 1 aliphatic heterocycles. The Bertz CT molecular complexity index is 1710. The summed E-state index contributed by atoms with van der Waals surface area (Å²) < 4.78 is 3.22. The van der Waals surface area contributed by atoms with Crippen LogP contribution in [0, 0.1) is 5.41 Å². The van der Waals surface area contributed by atoms with Gasteiger partial charge in [-0.05, 0) is 49.6 Å². The van der Waals surface area contributed by atoms with E-state index in [9.17, 15) is 19.2 Å². The minimum absolute atomic E-state index is 0.107. The summed E-state index contributed by atoms with van der Waals surface area (Å²) in [7, 11) is 0. The first kappa shape index (κ1) is 30.4. The molecule has 5 rings (SSSR count). The third-order valence-corrected chi connectivity index (χ3v) is 8.39. The number of piperidine rings is 1. The smallest absolute Gasteiger partial charge is 0.262 e. The number of carbonyl (C=O) groups excluding carboxylic acids is 3. The molecule has 1 amide bonds. The lowest BCUT2D eigenvalue weighted by Crippen LogP contribution is -2.40. The molecule has 43 heavy (non-hydrogen) atoms. The summed E-state index contributed by atoms with van der Waals surface area (Å²) >= 11 is 7.52. The highest BCUT2D eigenvalue weighted by Gasteiger charge is 2.28. The maximum absolute atomic E-state index is 13.6. The Morgan fingerprint density at radius 1 is 1.05 bits per heavy atom. The molecule has 0 aromatic carbocycles. The minimum atomic E-state index is -0.744. The van der Waals surface area contributed by atoms with Gasteiger partial charge in [0.2, 0.25) is 11.7 Å². The van der Waals surface area contributed by atoms with Crippen LogP contribution in [0.2, 0.25) is 4.34 Å². The van der Waals surface area contributed by atoms with E-state index in [1.54, 1.807) is 49.9 Å². The fraction of sp³-hybridized carbons (Fsp3) is 0.355. The number of thiophene rings is 1. The van der Waals surface area contributed by atoms with Gasteiger partial charge >= 0.3 is 0 Å². The summed E-state index contributed by atoms with van der Waals surface area (Å²) in [6, 6.07) is 11.7. The molecule has 1 saturated heterocycles. The van der Waals surface area contributed by atoms with Gasteiger partial charge in [-0.1, -0.05) is 38.4 Å². The van der Waals surface area contributed by atoms with Gasteiger partial charge in [-0.25, -0.2) is 0 Å². The van der Waals surface area contributed by atoms with E-state index < -0.39 is 16.8 Å². The molecule has 5 heterocycles. The number of ketones is 1. The molecule has 0 saturated carbocycles. The standard InChI is InChI=1S/C31H33ClN6O4S/c1-31(2,3)30(42)38-26(34-17-21-10-11-25(32)43-21)16-24(35-38)20-15-22(28(40)23-9-5-6-12-33-23)29(41)37(18-20)19-27(39)36-13-7-4-8-14-36/h5-6,9-12,15-16,18,34H,4,7-8,13-14,17,19H2,1-3H3. The molecule has 1 N–H and O–H groups in total. The van der Waals surface area contributed by atoms with E-state index >= 15 is 0 Å². The molecule has 0 atom stereocenters. The van der Waals surface area contributed by atoms with Gasteiger partial charge in [0, 0.05) is 47.4 Å². The van der Waals surface area contributed by atoms with E-state index in [4.69, 9.17) is 11.6 Å². The van der Waals surface area contributed by atoms with Gasteiger partial charge in [0.25, 0.3) is 11.5 Å². The number of nitrogens with one attached hydrogen (secondary N) is 1. The number of amides is 1. The average Bonchev–Trinajstić information content (AvgIpc) is 3.62. The zero-order valence-electron chi connectivity index (χ0n) is 24.3. The highest BCUT2D eigenvalue weighted by atomic mass is 35.5. The molecule has 4 aromatic rings. The Balaban J connectivity index is 1.58. The van der Waals surface area contributed by atoms with Crippen LogP contribution in [-0.2, 0) is 17.9 Å². The SMILES string of the molecule is CC(C)(C)C(=O)n1nc(-c2cc(C(=O)c3ccccn3)c(=O)n(CC(=O)N3CCCCC3)c2)cc1NCc1ccc(Cl)s1. The molecule has 1 fully saturated rings. The molecule has 4 aromatic heterocycles. The second-order valence-corrected chi connectivity index (χ2v) is 13.3. The van der Waals surface area contributed by atoms with Crippen LogP contribution in [0.25, 0.3) is 11.3 Å². The number of nitrogens with zero attached hydrogens (tertiary/aromatic N) is 5. The number of carbonyl (C=O) groups is 3. The zero-order valence-corrected chi connectivity index (χ0v) is 25.9. The summed E-state index contributed by atoms with van der Waals surface area (Å²) in [6.07, 6.45) is 5.89. The topological polar surface area (TPSA) is 119 Å². The minimum Gasteiger partial charge on any atom is -0.365 e. The molecule has 0 radical (unpaired) electrons. The molecule has 0 unspecified atom stereocenters. The number of likely N-dealkylation sites (tertiary alicyclic amines) is 1. The molecular formula is C31H33ClN6O4S. The summed E-state index contributed by atoms with van der Waals surface area (Å²) in [6.45, 7) is 6.86. The molecule has 0 bridgehead atoms. The second-order valence-electron chi connectivity index (χ2n) is 11.5. The summed E-state index contributed by atoms with van der Waals surface area (Å²) in [5.41, 5.74) is -0.598. The predicted molar refractivity (Wildman–Crippen MR) is 167 cm³/mol. The highest BCUT2D eigenvalue weighted by Crippen LogP contribution is 2.28. The van der Waals surface area contributed by atoms with Gasteiger partial charge in [0.05, 0.1) is 22.1 Å². The summed E-state index contributed by atoms with van der Waals surface area (Å²) in [5, 5.41) is 7.90. The lowest BCUT2D eigenvalue weighted by atomic mass is 9.96. The molecule has 10 nitrogen and oxygen atoms in total. The number of anilines is 1. The fourth-order valence-electron chi connectivity index (χ4n) is 4.83. The third-order valence-electron chi connectivity index (χ3n) is 7.15. The maximum atomic E-state index is 13.6. The van der Waals surface area contributed by atoms with E-state index in [-0.39, 0.29) is 29.6 Å². The van der Waals surface area contributed by atoms with Gasteiger partial charge in [-0.3, -0.25) is 24.2 Å². The van der Waals surface area contributed by atoms with Crippen LogP contribution >= 0.6 is 22.9 Å². The Morgan fingerprint density at radius 2 is 1.81 bits per heavy atom. The molecule has 1 aliphatic rings. The van der Waals surface area contributed by atoms with Crippen molar-refractivity contribution in [2.45, 2.75) is 53.1 Å². The van der Waals surface area contributed by atoms with Gasteiger partial charge in [0.1, 0.15) is 18.1 Å². The molecule has 12 heteroatoms. The third kappa shape index (κ3) is 6.94. The molecule has 224 valence electrons. The maximum Gasteiger partial charge on any atom is 0.262 e.